The molecule has 1 rings (SSSR count). The van der Waals surface area contributed by atoms with Crippen molar-refractivity contribution < 1.29 is 9.21 Å². The fourth-order valence-electron chi connectivity index (χ4n) is 1.41. The van der Waals surface area contributed by atoms with E-state index in [-0.39, 0.29) is 18.0 Å². The SMILES string of the molecule is CC(N)CC(=O)NC(C)Cc1ccco1. The van der Waals surface area contributed by atoms with Crippen molar-refractivity contribution in [2.24, 2.45) is 5.73 Å². The van der Waals surface area contributed by atoms with Gasteiger partial charge >= 0.3 is 0 Å². The van der Waals surface area contributed by atoms with E-state index in [9.17, 15) is 4.79 Å². The molecule has 0 aliphatic heterocycles. The highest BCUT2D eigenvalue weighted by Gasteiger charge is 2.10. The molecule has 0 saturated heterocycles. The Morgan fingerprint density at radius 3 is 2.87 bits per heavy atom. The molecule has 15 heavy (non-hydrogen) atoms. The highest BCUT2D eigenvalue weighted by molar-refractivity contribution is 5.76. The van der Waals surface area contributed by atoms with Gasteiger partial charge in [0.25, 0.3) is 0 Å². The van der Waals surface area contributed by atoms with Crippen LogP contribution in [0.15, 0.2) is 22.8 Å². The lowest BCUT2D eigenvalue weighted by molar-refractivity contribution is -0.121. The second-order valence-electron chi connectivity index (χ2n) is 3.93. The zero-order valence-electron chi connectivity index (χ0n) is 9.19. The van der Waals surface area contributed by atoms with Crippen LogP contribution in [0.1, 0.15) is 26.0 Å². The molecular weight excluding hydrogens is 192 g/mol. The van der Waals surface area contributed by atoms with Crippen molar-refractivity contribution >= 4 is 5.91 Å². The molecule has 1 aromatic rings. The van der Waals surface area contributed by atoms with Gasteiger partial charge in [0.1, 0.15) is 5.76 Å². The standard InChI is InChI=1S/C11H18N2O2/c1-8(12)6-11(14)13-9(2)7-10-4-3-5-15-10/h3-5,8-9H,6-7,12H2,1-2H3,(H,13,14). The number of nitrogens with one attached hydrogen (secondary N) is 1. The molecule has 0 fully saturated rings. The van der Waals surface area contributed by atoms with E-state index in [4.69, 9.17) is 10.2 Å². The Labute approximate surface area is 89.8 Å². The number of rotatable bonds is 5. The Bertz CT molecular complexity index is 294. The molecule has 3 N–H and O–H groups in total. The minimum absolute atomic E-state index is 0.0101. The van der Waals surface area contributed by atoms with Crippen LogP contribution in [0.25, 0.3) is 0 Å². The van der Waals surface area contributed by atoms with E-state index in [1.165, 1.54) is 0 Å². The van der Waals surface area contributed by atoms with Crippen molar-refractivity contribution in [3.05, 3.63) is 24.2 Å². The summed E-state index contributed by atoms with van der Waals surface area (Å²) in [5.41, 5.74) is 5.53. The fraction of sp³-hybridized carbons (Fsp3) is 0.545. The Balaban J connectivity index is 2.29. The lowest BCUT2D eigenvalue weighted by Gasteiger charge is -2.13. The summed E-state index contributed by atoms with van der Waals surface area (Å²) >= 11 is 0. The molecule has 4 heteroatoms. The van der Waals surface area contributed by atoms with Crippen molar-refractivity contribution in [1.29, 1.82) is 0 Å². The summed E-state index contributed by atoms with van der Waals surface area (Å²) in [7, 11) is 0. The monoisotopic (exact) mass is 210 g/mol. The van der Waals surface area contributed by atoms with E-state index >= 15 is 0 Å². The van der Waals surface area contributed by atoms with Gasteiger partial charge in [0.2, 0.25) is 5.91 Å². The lowest BCUT2D eigenvalue weighted by atomic mass is 10.1. The molecule has 0 saturated carbocycles. The molecule has 1 aromatic heterocycles. The smallest absolute Gasteiger partial charge is 0.221 e. The molecule has 1 heterocycles. The van der Waals surface area contributed by atoms with Gasteiger partial charge in [-0.3, -0.25) is 4.79 Å². The minimum atomic E-state index is -0.0965. The summed E-state index contributed by atoms with van der Waals surface area (Å²) in [4.78, 5) is 11.4. The summed E-state index contributed by atoms with van der Waals surface area (Å²) in [6, 6.07) is 3.71. The van der Waals surface area contributed by atoms with Gasteiger partial charge in [-0.2, -0.15) is 0 Å². The summed E-state index contributed by atoms with van der Waals surface area (Å²) in [6.45, 7) is 3.76. The molecule has 4 nitrogen and oxygen atoms in total. The number of nitrogens with two attached hydrogens (primary N) is 1. The number of carbonyl (C=O) groups is 1. The number of hydrogen-bond acceptors (Lipinski definition) is 3. The Morgan fingerprint density at radius 2 is 2.33 bits per heavy atom. The number of amides is 1. The fourth-order valence-corrected chi connectivity index (χ4v) is 1.41. The largest absolute Gasteiger partial charge is 0.469 e. The second kappa shape index (κ2) is 5.56. The van der Waals surface area contributed by atoms with Gasteiger partial charge in [-0.1, -0.05) is 0 Å². The van der Waals surface area contributed by atoms with Gasteiger partial charge in [0, 0.05) is 24.9 Å². The highest BCUT2D eigenvalue weighted by Crippen LogP contribution is 2.03. The zero-order valence-corrected chi connectivity index (χ0v) is 9.19. The van der Waals surface area contributed by atoms with Crippen LogP contribution in [0, 0.1) is 0 Å². The second-order valence-corrected chi connectivity index (χ2v) is 3.93. The van der Waals surface area contributed by atoms with E-state index in [1.54, 1.807) is 6.26 Å². The van der Waals surface area contributed by atoms with Crippen LogP contribution in [0.3, 0.4) is 0 Å². The van der Waals surface area contributed by atoms with E-state index in [1.807, 2.05) is 26.0 Å². The first-order chi connectivity index (χ1) is 7.08. The molecule has 0 aliphatic carbocycles. The third kappa shape index (κ3) is 4.65. The molecule has 0 radical (unpaired) electrons. The Kier molecular flexibility index (Phi) is 4.37. The predicted octanol–water partition coefficient (Wildman–Crippen LogP) is 1.06. The molecular formula is C11H18N2O2. The molecule has 0 spiro atoms. The van der Waals surface area contributed by atoms with Gasteiger partial charge in [-0.05, 0) is 26.0 Å². The summed E-state index contributed by atoms with van der Waals surface area (Å²) in [5.74, 6) is 0.868. The molecule has 1 amide bonds. The topological polar surface area (TPSA) is 68.3 Å². The van der Waals surface area contributed by atoms with Crippen molar-refractivity contribution in [1.82, 2.24) is 5.32 Å². The van der Waals surface area contributed by atoms with E-state index < -0.39 is 0 Å². The predicted molar refractivity (Wildman–Crippen MR) is 58.3 cm³/mol. The maximum absolute atomic E-state index is 11.4. The van der Waals surface area contributed by atoms with Crippen molar-refractivity contribution in [3.8, 4) is 0 Å². The first-order valence-electron chi connectivity index (χ1n) is 5.15. The molecule has 0 bridgehead atoms. The maximum atomic E-state index is 11.4. The Hall–Kier alpha value is -1.29. The van der Waals surface area contributed by atoms with Crippen molar-refractivity contribution in [3.63, 3.8) is 0 Å². The Morgan fingerprint density at radius 1 is 1.60 bits per heavy atom. The summed E-state index contributed by atoms with van der Waals surface area (Å²) < 4.78 is 5.19. The lowest BCUT2D eigenvalue weighted by Crippen LogP contribution is -2.36. The molecule has 2 unspecified atom stereocenters. The summed E-state index contributed by atoms with van der Waals surface area (Å²) in [6.07, 6.45) is 2.70. The number of hydrogen-bond donors (Lipinski definition) is 2. The van der Waals surface area contributed by atoms with E-state index in [2.05, 4.69) is 5.32 Å². The molecule has 84 valence electrons. The molecule has 2 atom stereocenters. The maximum Gasteiger partial charge on any atom is 0.221 e. The van der Waals surface area contributed by atoms with Gasteiger partial charge in [-0.25, -0.2) is 0 Å². The first kappa shape index (κ1) is 11.8. The number of carbonyl (C=O) groups excluding carboxylic acids is 1. The first-order valence-corrected chi connectivity index (χ1v) is 5.15. The third-order valence-corrected chi connectivity index (χ3v) is 2.00. The average molecular weight is 210 g/mol. The molecule has 0 aliphatic rings. The van der Waals surface area contributed by atoms with E-state index in [0.29, 0.717) is 12.8 Å². The van der Waals surface area contributed by atoms with Gasteiger partial charge < -0.3 is 15.5 Å². The number of furan rings is 1. The van der Waals surface area contributed by atoms with Crippen LogP contribution < -0.4 is 11.1 Å². The third-order valence-electron chi connectivity index (χ3n) is 2.00. The zero-order chi connectivity index (χ0) is 11.3. The van der Waals surface area contributed by atoms with Crippen LogP contribution in [0.4, 0.5) is 0 Å². The quantitative estimate of drug-likeness (QED) is 0.763. The van der Waals surface area contributed by atoms with E-state index in [0.717, 1.165) is 5.76 Å². The van der Waals surface area contributed by atoms with Crippen molar-refractivity contribution in [2.75, 3.05) is 0 Å². The van der Waals surface area contributed by atoms with Gasteiger partial charge in [-0.15, -0.1) is 0 Å². The van der Waals surface area contributed by atoms with Gasteiger partial charge in [0.05, 0.1) is 6.26 Å². The molecule has 0 aromatic carbocycles. The summed E-state index contributed by atoms with van der Waals surface area (Å²) in [5, 5.41) is 2.87. The van der Waals surface area contributed by atoms with Crippen LogP contribution in [0.2, 0.25) is 0 Å². The normalized spacial score (nSPS) is 14.6. The van der Waals surface area contributed by atoms with Gasteiger partial charge in [0.15, 0.2) is 0 Å². The van der Waals surface area contributed by atoms with Crippen molar-refractivity contribution in [2.45, 2.75) is 38.8 Å². The van der Waals surface area contributed by atoms with Crippen LogP contribution >= 0.6 is 0 Å². The average Bonchev–Trinajstić information content (AvgIpc) is 2.53. The van der Waals surface area contributed by atoms with Crippen LogP contribution in [0.5, 0.6) is 0 Å². The highest BCUT2D eigenvalue weighted by atomic mass is 16.3. The van der Waals surface area contributed by atoms with Crippen LogP contribution in [-0.2, 0) is 11.2 Å². The minimum Gasteiger partial charge on any atom is -0.469 e. The van der Waals surface area contributed by atoms with Crippen LogP contribution in [-0.4, -0.2) is 18.0 Å².